The molecule has 0 aromatic heterocycles. The molecule has 0 unspecified atom stereocenters. The number of carbonyl (C=O) groups excluding carboxylic acids is 2. The van der Waals surface area contributed by atoms with Crippen molar-refractivity contribution in [2.24, 2.45) is 5.92 Å². The average molecular weight is 462 g/mol. The minimum atomic E-state index is -4.44. The Balaban J connectivity index is 1.37. The van der Waals surface area contributed by atoms with Crippen molar-refractivity contribution < 1.29 is 27.2 Å². The molecule has 8 heteroatoms. The Labute approximate surface area is 190 Å². The molecule has 176 valence electrons. The SMILES string of the molecule is O=C(Cc1cccc(C(F)(F)F)c1)N1CC[C@H]2[C@H](CCC(=O)N2CCc2cccc(F)c2)C1. The van der Waals surface area contributed by atoms with E-state index < -0.39 is 11.7 Å². The molecule has 2 saturated heterocycles. The molecule has 2 amide bonds. The van der Waals surface area contributed by atoms with Gasteiger partial charge in [-0.1, -0.05) is 30.3 Å². The summed E-state index contributed by atoms with van der Waals surface area (Å²) in [6.07, 6.45) is -2.24. The number of benzene rings is 2. The molecule has 2 aliphatic heterocycles. The predicted octanol–water partition coefficient (Wildman–Crippen LogP) is 4.47. The molecular formula is C25H26F4N2O2. The summed E-state index contributed by atoms with van der Waals surface area (Å²) < 4.78 is 52.3. The molecule has 2 aromatic carbocycles. The summed E-state index contributed by atoms with van der Waals surface area (Å²) >= 11 is 0. The molecule has 0 aliphatic carbocycles. The van der Waals surface area contributed by atoms with E-state index in [0.717, 1.165) is 17.7 Å². The molecule has 0 radical (unpaired) electrons. The summed E-state index contributed by atoms with van der Waals surface area (Å²) in [5.74, 6) is -0.287. The maximum Gasteiger partial charge on any atom is 0.416 e. The quantitative estimate of drug-likeness (QED) is 0.616. The summed E-state index contributed by atoms with van der Waals surface area (Å²) in [6.45, 7) is 1.45. The second-order valence-electron chi connectivity index (χ2n) is 8.84. The van der Waals surface area contributed by atoms with Crippen molar-refractivity contribution in [3.8, 4) is 0 Å². The van der Waals surface area contributed by atoms with Crippen molar-refractivity contribution >= 4 is 11.8 Å². The number of rotatable bonds is 5. The van der Waals surface area contributed by atoms with Gasteiger partial charge in [0.25, 0.3) is 0 Å². The summed E-state index contributed by atoms with van der Waals surface area (Å²) in [4.78, 5) is 29.0. The zero-order valence-corrected chi connectivity index (χ0v) is 18.2. The van der Waals surface area contributed by atoms with Gasteiger partial charge >= 0.3 is 6.18 Å². The first-order chi connectivity index (χ1) is 15.7. The van der Waals surface area contributed by atoms with Gasteiger partial charge in [-0.15, -0.1) is 0 Å². The van der Waals surface area contributed by atoms with Crippen LogP contribution >= 0.6 is 0 Å². The molecule has 2 fully saturated rings. The van der Waals surface area contributed by atoms with Crippen molar-refractivity contribution in [2.45, 2.75) is 44.3 Å². The minimum Gasteiger partial charge on any atom is -0.342 e. The van der Waals surface area contributed by atoms with Gasteiger partial charge < -0.3 is 9.80 Å². The molecule has 0 N–H and O–H groups in total. The van der Waals surface area contributed by atoms with Gasteiger partial charge in [-0.05, 0) is 54.5 Å². The topological polar surface area (TPSA) is 40.6 Å². The fourth-order valence-corrected chi connectivity index (χ4v) is 4.95. The first-order valence-corrected chi connectivity index (χ1v) is 11.2. The van der Waals surface area contributed by atoms with E-state index in [-0.39, 0.29) is 36.0 Å². The van der Waals surface area contributed by atoms with Crippen molar-refractivity contribution in [2.75, 3.05) is 19.6 Å². The normalized spacial score (nSPS) is 21.2. The van der Waals surface area contributed by atoms with Crippen LogP contribution in [0.5, 0.6) is 0 Å². The number of carbonyl (C=O) groups is 2. The Morgan fingerprint density at radius 3 is 2.55 bits per heavy atom. The lowest BCUT2D eigenvalue weighted by molar-refractivity contribution is -0.144. The van der Waals surface area contributed by atoms with Crippen LogP contribution in [0.3, 0.4) is 0 Å². The summed E-state index contributed by atoms with van der Waals surface area (Å²) in [5, 5.41) is 0. The average Bonchev–Trinajstić information content (AvgIpc) is 2.78. The van der Waals surface area contributed by atoms with Crippen molar-refractivity contribution in [3.63, 3.8) is 0 Å². The van der Waals surface area contributed by atoms with Crippen LogP contribution in [0, 0.1) is 11.7 Å². The van der Waals surface area contributed by atoms with Gasteiger partial charge in [0.2, 0.25) is 11.8 Å². The minimum absolute atomic E-state index is 0.0254. The van der Waals surface area contributed by atoms with Crippen LogP contribution in [0.1, 0.15) is 36.0 Å². The summed E-state index contributed by atoms with van der Waals surface area (Å²) in [6, 6.07) is 11.3. The third-order valence-electron chi connectivity index (χ3n) is 6.64. The van der Waals surface area contributed by atoms with E-state index in [1.54, 1.807) is 11.0 Å². The second-order valence-corrected chi connectivity index (χ2v) is 8.84. The number of amides is 2. The first-order valence-electron chi connectivity index (χ1n) is 11.2. The van der Waals surface area contributed by atoms with Crippen LogP contribution in [-0.4, -0.2) is 47.3 Å². The number of hydrogen-bond donors (Lipinski definition) is 0. The molecule has 4 rings (SSSR count). The van der Waals surface area contributed by atoms with E-state index in [4.69, 9.17) is 0 Å². The molecule has 2 heterocycles. The van der Waals surface area contributed by atoms with Gasteiger partial charge in [0.05, 0.1) is 12.0 Å². The predicted molar refractivity (Wildman–Crippen MR) is 115 cm³/mol. The number of halogens is 4. The summed E-state index contributed by atoms with van der Waals surface area (Å²) in [5.41, 5.74) is 0.414. The van der Waals surface area contributed by atoms with E-state index in [0.29, 0.717) is 50.9 Å². The van der Waals surface area contributed by atoms with E-state index in [1.165, 1.54) is 24.3 Å². The lowest BCUT2D eigenvalue weighted by Crippen LogP contribution is -2.57. The highest BCUT2D eigenvalue weighted by molar-refractivity contribution is 5.80. The zero-order chi connectivity index (χ0) is 23.6. The van der Waals surface area contributed by atoms with Gasteiger partial charge in [0.1, 0.15) is 5.82 Å². The summed E-state index contributed by atoms with van der Waals surface area (Å²) in [7, 11) is 0. The molecule has 2 aromatic rings. The lowest BCUT2D eigenvalue weighted by atomic mass is 9.83. The standard InChI is InChI=1S/C25H26F4N2O2/c26-21-6-2-3-17(14-21)9-12-31-22-10-11-30(16-19(22)7-8-23(31)32)24(33)15-18-4-1-5-20(13-18)25(27,28)29/h1-6,13-14,19,22H,7-12,15-16H2/t19-,22+/m1/s1. The van der Waals surface area contributed by atoms with Gasteiger partial charge in [0.15, 0.2) is 0 Å². The zero-order valence-electron chi connectivity index (χ0n) is 18.2. The van der Waals surface area contributed by atoms with E-state index >= 15 is 0 Å². The first kappa shape index (κ1) is 23.3. The molecule has 33 heavy (non-hydrogen) atoms. The third kappa shape index (κ3) is 5.54. The molecule has 2 atom stereocenters. The molecule has 0 spiro atoms. The number of alkyl halides is 3. The second kappa shape index (κ2) is 9.53. The fraction of sp³-hybridized carbons (Fsp3) is 0.440. The third-order valence-corrected chi connectivity index (χ3v) is 6.64. The lowest BCUT2D eigenvalue weighted by Gasteiger charge is -2.47. The highest BCUT2D eigenvalue weighted by Gasteiger charge is 2.40. The largest absolute Gasteiger partial charge is 0.416 e. The van der Waals surface area contributed by atoms with Crippen molar-refractivity contribution in [1.29, 1.82) is 0 Å². The highest BCUT2D eigenvalue weighted by atomic mass is 19.4. The smallest absolute Gasteiger partial charge is 0.342 e. The van der Waals surface area contributed by atoms with E-state index in [9.17, 15) is 27.2 Å². The van der Waals surface area contributed by atoms with Crippen molar-refractivity contribution in [3.05, 3.63) is 71.0 Å². The number of hydrogen-bond acceptors (Lipinski definition) is 2. The van der Waals surface area contributed by atoms with Gasteiger partial charge in [-0.25, -0.2) is 4.39 Å². The van der Waals surface area contributed by atoms with Gasteiger partial charge in [0, 0.05) is 32.1 Å². The van der Waals surface area contributed by atoms with Crippen LogP contribution in [-0.2, 0) is 28.6 Å². The monoisotopic (exact) mass is 462 g/mol. The fourth-order valence-electron chi connectivity index (χ4n) is 4.95. The number of likely N-dealkylation sites (tertiary alicyclic amines) is 2. The Bertz CT molecular complexity index is 1020. The van der Waals surface area contributed by atoms with Crippen molar-refractivity contribution in [1.82, 2.24) is 9.80 Å². The maximum atomic E-state index is 13.5. The van der Waals surface area contributed by atoms with E-state index in [1.807, 2.05) is 11.0 Å². The number of piperidine rings is 2. The molecule has 4 nitrogen and oxygen atoms in total. The Morgan fingerprint density at radius 1 is 1.03 bits per heavy atom. The highest BCUT2D eigenvalue weighted by Crippen LogP contribution is 2.32. The maximum absolute atomic E-state index is 13.5. The Kier molecular flexibility index (Phi) is 6.72. The molecular weight excluding hydrogens is 436 g/mol. The molecule has 2 aliphatic rings. The molecule has 0 bridgehead atoms. The van der Waals surface area contributed by atoms with Gasteiger partial charge in [-0.2, -0.15) is 13.2 Å². The Morgan fingerprint density at radius 2 is 1.79 bits per heavy atom. The van der Waals surface area contributed by atoms with Crippen LogP contribution < -0.4 is 0 Å². The molecule has 0 saturated carbocycles. The van der Waals surface area contributed by atoms with Crippen LogP contribution in [0.25, 0.3) is 0 Å². The number of fused-ring (bicyclic) bond motifs is 1. The van der Waals surface area contributed by atoms with Crippen LogP contribution in [0.2, 0.25) is 0 Å². The Hall–Kier alpha value is -2.90. The van der Waals surface area contributed by atoms with Crippen LogP contribution in [0.15, 0.2) is 48.5 Å². The van der Waals surface area contributed by atoms with E-state index in [2.05, 4.69) is 0 Å². The number of nitrogens with zero attached hydrogens (tertiary/aromatic N) is 2. The van der Waals surface area contributed by atoms with Crippen LogP contribution in [0.4, 0.5) is 17.6 Å². The van der Waals surface area contributed by atoms with Gasteiger partial charge in [-0.3, -0.25) is 9.59 Å².